The molecule has 0 saturated heterocycles. The minimum absolute atomic E-state index is 0.101. The number of para-hydroxylation sites is 2. The second-order valence-electron chi connectivity index (χ2n) is 5.96. The number of fused-ring (bicyclic) bond motifs is 1. The molecular formula is C19H18F3N3O. The van der Waals surface area contributed by atoms with E-state index in [1.165, 1.54) is 18.2 Å². The van der Waals surface area contributed by atoms with E-state index in [1.807, 2.05) is 29.2 Å². The topological polar surface area (TPSA) is 44.4 Å². The number of halogens is 3. The summed E-state index contributed by atoms with van der Waals surface area (Å²) < 4.78 is 38.4. The van der Waals surface area contributed by atoms with E-state index in [0.717, 1.165) is 23.5 Å². The van der Waals surface area contributed by atoms with Gasteiger partial charge < -0.3 is 15.5 Å². The predicted molar refractivity (Wildman–Crippen MR) is 95.5 cm³/mol. The minimum Gasteiger partial charge on any atom is -0.377 e. The van der Waals surface area contributed by atoms with Gasteiger partial charge in [0, 0.05) is 18.8 Å². The highest BCUT2D eigenvalue weighted by molar-refractivity contribution is 5.87. The van der Waals surface area contributed by atoms with Crippen molar-refractivity contribution < 1.29 is 18.0 Å². The van der Waals surface area contributed by atoms with Crippen LogP contribution in [-0.2, 0) is 11.0 Å². The third-order valence-electron chi connectivity index (χ3n) is 4.17. The fraction of sp³-hybridized carbons (Fsp3) is 0.211. The average Bonchev–Trinajstić information content (AvgIpc) is 2.64. The lowest BCUT2D eigenvalue weighted by atomic mass is 10.1. The summed E-state index contributed by atoms with van der Waals surface area (Å²) >= 11 is 0. The van der Waals surface area contributed by atoms with Gasteiger partial charge in [-0.3, -0.25) is 4.79 Å². The van der Waals surface area contributed by atoms with Crippen molar-refractivity contribution in [3.8, 4) is 0 Å². The van der Waals surface area contributed by atoms with Gasteiger partial charge >= 0.3 is 6.18 Å². The number of rotatable bonds is 4. The number of nitrogens with zero attached hydrogens (tertiary/aromatic N) is 1. The van der Waals surface area contributed by atoms with Crippen molar-refractivity contribution in [3.05, 3.63) is 66.7 Å². The summed E-state index contributed by atoms with van der Waals surface area (Å²) in [7, 11) is 0. The average molecular weight is 361 g/mol. The maximum atomic E-state index is 12.8. The van der Waals surface area contributed by atoms with Crippen molar-refractivity contribution in [1.82, 2.24) is 5.32 Å². The first kappa shape index (κ1) is 17.8. The van der Waals surface area contributed by atoms with E-state index in [4.69, 9.17) is 0 Å². The predicted octanol–water partition coefficient (Wildman–Crippen LogP) is 3.94. The Balaban J connectivity index is 1.87. The zero-order valence-electron chi connectivity index (χ0n) is 13.9. The molecule has 0 fully saturated rings. The normalized spacial score (nSPS) is 16.4. The Labute approximate surface area is 149 Å². The number of carbonyl (C=O) groups is 1. The number of hydrogen-bond donors (Lipinski definition) is 2. The standard InChI is InChI=1S/C19H18F3N3O/c1-2-18(26)23-11-14-12-25(17-6-4-3-5-16(17)24-14)15-9-7-13(8-10-15)19(20,21)22/h2-10,14,24H,1,11-12H2,(H,23,26). The van der Waals surface area contributed by atoms with Crippen LogP contribution in [0.3, 0.4) is 0 Å². The molecule has 1 heterocycles. The van der Waals surface area contributed by atoms with Crippen LogP contribution in [0.15, 0.2) is 61.2 Å². The number of nitrogens with one attached hydrogen (secondary N) is 2. The molecule has 136 valence electrons. The third kappa shape index (κ3) is 3.82. The summed E-state index contributed by atoms with van der Waals surface area (Å²) in [6.45, 7) is 4.29. The lowest BCUT2D eigenvalue weighted by Gasteiger charge is -2.37. The van der Waals surface area contributed by atoms with Crippen LogP contribution in [-0.4, -0.2) is 25.0 Å². The van der Waals surface area contributed by atoms with E-state index in [9.17, 15) is 18.0 Å². The van der Waals surface area contributed by atoms with Crippen LogP contribution < -0.4 is 15.5 Å². The second-order valence-corrected chi connectivity index (χ2v) is 5.96. The fourth-order valence-electron chi connectivity index (χ4n) is 2.90. The first-order valence-corrected chi connectivity index (χ1v) is 8.09. The molecule has 0 radical (unpaired) electrons. The molecule has 7 heteroatoms. The van der Waals surface area contributed by atoms with Gasteiger partial charge in [-0.15, -0.1) is 0 Å². The van der Waals surface area contributed by atoms with Crippen molar-refractivity contribution in [1.29, 1.82) is 0 Å². The molecule has 1 amide bonds. The van der Waals surface area contributed by atoms with Gasteiger partial charge in [-0.05, 0) is 42.5 Å². The van der Waals surface area contributed by atoms with Crippen molar-refractivity contribution in [2.75, 3.05) is 23.3 Å². The van der Waals surface area contributed by atoms with E-state index in [0.29, 0.717) is 18.8 Å². The van der Waals surface area contributed by atoms with Crippen molar-refractivity contribution in [3.63, 3.8) is 0 Å². The largest absolute Gasteiger partial charge is 0.416 e. The lowest BCUT2D eigenvalue weighted by molar-refractivity contribution is -0.137. The molecule has 1 unspecified atom stereocenters. The van der Waals surface area contributed by atoms with Crippen LogP contribution in [0.1, 0.15) is 5.56 Å². The molecule has 0 aromatic heterocycles. The molecule has 2 aromatic carbocycles. The lowest BCUT2D eigenvalue weighted by Crippen LogP contribution is -2.45. The Bertz CT molecular complexity index is 802. The number of hydrogen-bond acceptors (Lipinski definition) is 3. The molecule has 4 nitrogen and oxygen atoms in total. The number of benzene rings is 2. The molecule has 1 aliphatic rings. The molecule has 3 rings (SSSR count). The third-order valence-corrected chi connectivity index (χ3v) is 4.17. The van der Waals surface area contributed by atoms with Crippen molar-refractivity contribution in [2.45, 2.75) is 12.2 Å². The molecule has 0 aliphatic carbocycles. The quantitative estimate of drug-likeness (QED) is 0.811. The maximum Gasteiger partial charge on any atom is 0.416 e. The summed E-state index contributed by atoms with van der Waals surface area (Å²) in [4.78, 5) is 13.3. The van der Waals surface area contributed by atoms with Gasteiger partial charge in [0.25, 0.3) is 0 Å². The molecule has 2 aromatic rings. The van der Waals surface area contributed by atoms with Crippen LogP contribution in [0.2, 0.25) is 0 Å². The summed E-state index contributed by atoms with van der Waals surface area (Å²) in [6, 6.07) is 12.5. The van der Waals surface area contributed by atoms with E-state index in [-0.39, 0.29) is 11.9 Å². The highest BCUT2D eigenvalue weighted by Crippen LogP contribution is 2.37. The van der Waals surface area contributed by atoms with Gasteiger partial charge in [-0.2, -0.15) is 13.2 Å². The fourth-order valence-corrected chi connectivity index (χ4v) is 2.90. The van der Waals surface area contributed by atoms with Crippen LogP contribution in [0.5, 0.6) is 0 Å². The Morgan fingerprint density at radius 2 is 1.92 bits per heavy atom. The van der Waals surface area contributed by atoms with Gasteiger partial charge in [0.2, 0.25) is 5.91 Å². The van der Waals surface area contributed by atoms with Crippen LogP contribution in [0.4, 0.5) is 30.2 Å². The van der Waals surface area contributed by atoms with E-state index in [1.54, 1.807) is 0 Å². The summed E-state index contributed by atoms with van der Waals surface area (Å²) in [6.07, 6.45) is -3.16. The van der Waals surface area contributed by atoms with E-state index >= 15 is 0 Å². The first-order chi connectivity index (χ1) is 12.4. The molecular weight excluding hydrogens is 343 g/mol. The number of amides is 1. The van der Waals surface area contributed by atoms with Crippen LogP contribution >= 0.6 is 0 Å². The van der Waals surface area contributed by atoms with Gasteiger partial charge in [-0.1, -0.05) is 18.7 Å². The van der Waals surface area contributed by atoms with Gasteiger partial charge in [0.05, 0.1) is 23.0 Å². The molecule has 26 heavy (non-hydrogen) atoms. The van der Waals surface area contributed by atoms with Gasteiger partial charge in [0.15, 0.2) is 0 Å². The molecule has 2 N–H and O–H groups in total. The zero-order valence-corrected chi connectivity index (χ0v) is 13.9. The molecule has 0 bridgehead atoms. The van der Waals surface area contributed by atoms with Gasteiger partial charge in [0.1, 0.15) is 0 Å². The smallest absolute Gasteiger partial charge is 0.377 e. The summed E-state index contributed by atoms with van der Waals surface area (Å²) in [5.41, 5.74) is 1.71. The Kier molecular flexibility index (Phi) is 4.88. The highest BCUT2D eigenvalue weighted by atomic mass is 19.4. The van der Waals surface area contributed by atoms with E-state index < -0.39 is 11.7 Å². The second kappa shape index (κ2) is 7.11. The molecule has 0 saturated carbocycles. The monoisotopic (exact) mass is 361 g/mol. The van der Waals surface area contributed by atoms with Crippen LogP contribution in [0, 0.1) is 0 Å². The summed E-state index contributed by atoms with van der Waals surface area (Å²) in [5, 5.41) is 6.08. The maximum absolute atomic E-state index is 12.8. The Morgan fingerprint density at radius 3 is 2.58 bits per heavy atom. The SMILES string of the molecule is C=CC(=O)NCC1CN(c2ccc(C(F)(F)F)cc2)c2ccccc2N1. The van der Waals surface area contributed by atoms with E-state index in [2.05, 4.69) is 17.2 Å². The molecule has 1 atom stereocenters. The highest BCUT2D eigenvalue weighted by Gasteiger charge is 2.31. The number of alkyl halides is 3. The summed E-state index contributed by atoms with van der Waals surface area (Å²) in [5.74, 6) is -0.272. The Hall–Kier alpha value is -2.96. The molecule has 1 aliphatic heterocycles. The van der Waals surface area contributed by atoms with Gasteiger partial charge in [-0.25, -0.2) is 0 Å². The minimum atomic E-state index is -4.36. The number of carbonyl (C=O) groups excluding carboxylic acids is 1. The van der Waals surface area contributed by atoms with Crippen LogP contribution in [0.25, 0.3) is 0 Å². The number of anilines is 3. The van der Waals surface area contributed by atoms with Crippen molar-refractivity contribution in [2.24, 2.45) is 0 Å². The zero-order chi connectivity index (χ0) is 18.7. The molecule has 0 spiro atoms. The first-order valence-electron chi connectivity index (χ1n) is 8.09. The van der Waals surface area contributed by atoms with Crippen molar-refractivity contribution >= 4 is 23.0 Å². The Morgan fingerprint density at radius 1 is 1.23 bits per heavy atom.